The van der Waals surface area contributed by atoms with Crippen LogP contribution in [0, 0.1) is 5.92 Å². The zero-order valence-electron chi connectivity index (χ0n) is 23.4. The van der Waals surface area contributed by atoms with E-state index in [1.54, 1.807) is 56.3 Å². The number of fused-ring (bicyclic) bond motifs is 1. The molecule has 0 aliphatic rings. The number of nitrogens with zero attached hydrogens (tertiary/aromatic N) is 1. The lowest BCUT2D eigenvalue weighted by molar-refractivity contribution is -0.137. The third kappa shape index (κ3) is 6.94. The van der Waals surface area contributed by atoms with Crippen LogP contribution in [0.4, 0.5) is 24.5 Å². The van der Waals surface area contributed by atoms with Crippen molar-refractivity contribution in [1.29, 1.82) is 0 Å². The molecule has 0 aliphatic carbocycles. The van der Waals surface area contributed by atoms with Crippen molar-refractivity contribution in [2.75, 3.05) is 10.6 Å². The Hall–Kier alpha value is -4.31. The summed E-state index contributed by atoms with van der Waals surface area (Å²) in [5, 5.41) is 9.23. The standard InChI is InChI=1S/C31H30ClF3N4O3/c1-17(2)28(40)36-16-19-5-11-25(32)24(13-19)29(41)38-23-10-12-26-20(14-23)15-27(39(26)18(3)4)30(42)37-22-8-6-21(7-9-22)31(33,34)35/h5-15,17-18H,16H2,1-4H3,(H,36,40)(H,37,42)(H,38,41). The number of aromatic nitrogens is 1. The Morgan fingerprint density at radius 1 is 0.833 bits per heavy atom. The summed E-state index contributed by atoms with van der Waals surface area (Å²) >= 11 is 6.31. The second-order valence-electron chi connectivity index (χ2n) is 10.4. The Balaban J connectivity index is 1.55. The maximum Gasteiger partial charge on any atom is 0.416 e. The van der Waals surface area contributed by atoms with Gasteiger partial charge in [0.15, 0.2) is 0 Å². The molecule has 11 heteroatoms. The summed E-state index contributed by atoms with van der Waals surface area (Å²) in [6.07, 6.45) is -4.47. The van der Waals surface area contributed by atoms with Crippen molar-refractivity contribution in [3.05, 3.63) is 94.1 Å². The number of carbonyl (C=O) groups is 3. The van der Waals surface area contributed by atoms with E-state index in [1.807, 2.05) is 18.4 Å². The van der Waals surface area contributed by atoms with Gasteiger partial charge in [-0.15, -0.1) is 0 Å². The second-order valence-corrected chi connectivity index (χ2v) is 10.8. The fourth-order valence-electron chi connectivity index (χ4n) is 4.43. The molecule has 3 aromatic carbocycles. The number of amides is 3. The van der Waals surface area contributed by atoms with Gasteiger partial charge in [0.2, 0.25) is 5.91 Å². The van der Waals surface area contributed by atoms with E-state index in [-0.39, 0.29) is 40.7 Å². The molecule has 0 spiro atoms. The number of benzene rings is 3. The molecule has 0 fully saturated rings. The van der Waals surface area contributed by atoms with Gasteiger partial charge in [-0.25, -0.2) is 0 Å². The molecule has 0 unspecified atom stereocenters. The van der Waals surface area contributed by atoms with Crippen LogP contribution in [0.3, 0.4) is 0 Å². The van der Waals surface area contributed by atoms with Crippen molar-refractivity contribution >= 4 is 51.6 Å². The highest BCUT2D eigenvalue weighted by atomic mass is 35.5. The molecule has 7 nitrogen and oxygen atoms in total. The molecule has 3 N–H and O–H groups in total. The molecule has 1 aromatic heterocycles. The number of nitrogens with one attached hydrogen (secondary N) is 3. The minimum absolute atomic E-state index is 0.106. The van der Waals surface area contributed by atoms with E-state index in [0.717, 1.165) is 17.6 Å². The fraction of sp³-hybridized carbons (Fsp3) is 0.258. The highest BCUT2D eigenvalue weighted by Gasteiger charge is 2.30. The van der Waals surface area contributed by atoms with Crippen LogP contribution >= 0.6 is 11.6 Å². The van der Waals surface area contributed by atoms with Gasteiger partial charge in [-0.05, 0) is 80.1 Å². The molecule has 4 aromatic rings. The summed E-state index contributed by atoms with van der Waals surface area (Å²) in [6, 6.07) is 15.9. The van der Waals surface area contributed by atoms with E-state index in [0.29, 0.717) is 22.3 Å². The monoisotopic (exact) mass is 598 g/mol. The predicted molar refractivity (Wildman–Crippen MR) is 158 cm³/mol. The molecule has 0 saturated carbocycles. The molecular formula is C31H30ClF3N4O3. The molecule has 4 rings (SSSR count). The van der Waals surface area contributed by atoms with Crippen LogP contribution in [0.25, 0.3) is 10.9 Å². The van der Waals surface area contributed by atoms with Gasteiger partial charge < -0.3 is 20.5 Å². The number of carbonyl (C=O) groups excluding carboxylic acids is 3. The van der Waals surface area contributed by atoms with Crippen LogP contribution in [-0.2, 0) is 17.5 Å². The topological polar surface area (TPSA) is 92.2 Å². The third-order valence-electron chi connectivity index (χ3n) is 6.58. The quantitative estimate of drug-likeness (QED) is 0.194. The van der Waals surface area contributed by atoms with Gasteiger partial charge in [0.05, 0.1) is 16.1 Å². The van der Waals surface area contributed by atoms with Crippen molar-refractivity contribution in [2.24, 2.45) is 5.92 Å². The first-order valence-corrected chi connectivity index (χ1v) is 13.6. The van der Waals surface area contributed by atoms with Crippen molar-refractivity contribution in [3.8, 4) is 0 Å². The van der Waals surface area contributed by atoms with Gasteiger partial charge in [-0.3, -0.25) is 14.4 Å². The minimum Gasteiger partial charge on any atom is -0.352 e. The Labute approximate surface area is 246 Å². The largest absolute Gasteiger partial charge is 0.416 e. The average Bonchev–Trinajstić information content (AvgIpc) is 3.31. The summed E-state index contributed by atoms with van der Waals surface area (Å²) in [7, 11) is 0. The van der Waals surface area contributed by atoms with Gasteiger partial charge in [0.25, 0.3) is 11.8 Å². The molecule has 0 radical (unpaired) electrons. The zero-order valence-corrected chi connectivity index (χ0v) is 24.2. The number of rotatable bonds is 8. The van der Waals surface area contributed by atoms with Crippen molar-refractivity contribution < 1.29 is 27.6 Å². The summed E-state index contributed by atoms with van der Waals surface area (Å²) in [5.74, 6) is -1.21. The van der Waals surface area contributed by atoms with E-state index in [4.69, 9.17) is 11.6 Å². The predicted octanol–water partition coefficient (Wildman–Crippen LogP) is 7.67. The number of hydrogen-bond acceptors (Lipinski definition) is 3. The first kappa shape index (κ1) is 30.6. The summed E-state index contributed by atoms with van der Waals surface area (Å²) in [6.45, 7) is 7.64. The zero-order chi connectivity index (χ0) is 30.8. The van der Waals surface area contributed by atoms with Gasteiger partial charge >= 0.3 is 6.18 Å². The molecular weight excluding hydrogens is 569 g/mol. The minimum atomic E-state index is -4.47. The first-order chi connectivity index (χ1) is 19.7. The smallest absolute Gasteiger partial charge is 0.352 e. The maximum absolute atomic E-state index is 13.2. The van der Waals surface area contributed by atoms with E-state index in [2.05, 4.69) is 16.0 Å². The Kier molecular flexibility index (Phi) is 8.96. The van der Waals surface area contributed by atoms with Crippen LogP contribution in [-0.4, -0.2) is 22.3 Å². The second kappa shape index (κ2) is 12.3. The molecule has 0 atom stereocenters. The van der Waals surface area contributed by atoms with Gasteiger partial charge in [-0.1, -0.05) is 31.5 Å². The lowest BCUT2D eigenvalue weighted by atomic mass is 10.1. The Morgan fingerprint density at radius 2 is 1.48 bits per heavy atom. The molecule has 0 bridgehead atoms. The first-order valence-electron chi connectivity index (χ1n) is 13.3. The van der Waals surface area contributed by atoms with Gasteiger partial charge in [0, 0.05) is 40.8 Å². The van der Waals surface area contributed by atoms with Crippen molar-refractivity contribution in [1.82, 2.24) is 9.88 Å². The number of anilines is 2. The highest BCUT2D eigenvalue weighted by Crippen LogP contribution is 2.31. The molecule has 220 valence electrons. The van der Waals surface area contributed by atoms with Crippen molar-refractivity contribution in [3.63, 3.8) is 0 Å². The van der Waals surface area contributed by atoms with Crippen LogP contribution in [0.5, 0.6) is 0 Å². The molecule has 0 aliphatic heterocycles. The SMILES string of the molecule is CC(C)C(=O)NCc1ccc(Cl)c(C(=O)Nc2ccc3c(c2)cc(C(=O)Nc2ccc(C(F)(F)F)cc2)n3C(C)C)c1. The highest BCUT2D eigenvalue weighted by molar-refractivity contribution is 6.34. The Morgan fingerprint density at radius 3 is 2.10 bits per heavy atom. The normalized spacial score (nSPS) is 11.7. The van der Waals surface area contributed by atoms with Gasteiger partial charge in [0.1, 0.15) is 5.69 Å². The van der Waals surface area contributed by atoms with Crippen LogP contribution < -0.4 is 16.0 Å². The lowest BCUT2D eigenvalue weighted by Crippen LogP contribution is -2.27. The van der Waals surface area contributed by atoms with Crippen LogP contribution in [0.1, 0.15) is 65.7 Å². The number of halogens is 4. The van der Waals surface area contributed by atoms with E-state index >= 15 is 0 Å². The van der Waals surface area contributed by atoms with E-state index < -0.39 is 23.6 Å². The van der Waals surface area contributed by atoms with Gasteiger partial charge in [-0.2, -0.15) is 13.2 Å². The number of alkyl halides is 3. The molecule has 1 heterocycles. The summed E-state index contributed by atoms with van der Waals surface area (Å²) in [5.41, 5.74) is 1.89. The van der Waals surface area contributed by atoms with Crippen molar-refractivity contribution in [2.45, 2.75) is 46.5 Å². The molecule has 0 saturated heterocycles. The molecule has 42 heavy (non-hydrogen) atoms. The maximum atomic E-state index is 13.2. The van der Waals surface area contributed by atoms with Crippen LogP contribution in [0.2, 0.25) is 5.02 Å². The average molecular weight is 599 g/mol. The lowest BCUT2D eigenvalue weighted by Gasteiger charge is -2.15. The third-order valence-corrected chi connectivity index (χ3v) is 6.91. The Bertz CT molecular complexity index is 1640. The fourth-order valence-corrected chi connectivity index (χ4v) is 4.63. The summed E-state index contributed by atoms with van der Waals surface area (Å²) < 4.78 is 40.5. The van der Waals surface area contributed by atoms with E-state index in [1.165, 1.54) is 12.1 Å². The molecule has 3 amide bonds. The van der Waals surface area contributed by atoms with E-state index in [9.17, 15) is 27.6 Å². The number of hydrogen-bond donors (Lipinski definition) is 3. The van der Waals surface area contributed by atoms with Crippen LogP contribution in [0.15, 0.2) is 66.7 Å². The summed E-state index contributed by atoms with van der Waals surface area (Å²) in [4.78, 5) is 38.2.